The number of carbonyl (C=O) groups excluding carboxylic acids is 2. The summed E-state index contributed by atoms with van der Waals surface area (Å²) in [5.41, 5.74) is 0. The van der Waals surface area contributed by atoms with Crippen LogP contribution in [0, 0.1) is 5.92 Å². The summed E-state index contributed by atoms with van der Waals surface area (Å²) < 4.78 is 5.46. The molecule has 0 aliphatic carbocycles. The van der Waals surface area contributed by atoms with Gasteiger partial charge in [-0.3, -0.25) is 9.59 Å². The Balaban J connectivity index is 1.83. The maximum absolute atomic E-state index is 12.2. The van der Waals surface area contributed by atoms with E-state index in [2.05, 4.69) is 0 Å². The van der Waals surface area contributed by atoms with Crippen molar-refractivity contribution in [3.8, 4) is 5.75 Å². The lowest BCUT2D eigenvalue weighted by Gasteiger charge is -2.32. The van der Waals surface area contributed by atoms with Gasteiger partial charge < -0.3 is 14.5 Å². The number of likely N-dealkylation sites (tertiary alicyclic amines) is 1. The predicted octanol–water partition coefficient (Wildman–Crippen LogP) is 2.70. The summed E-state index contributed by atoms with van der Waals surface area (Å²) >= 11 is 11.9. The van der Waals surface area contributed by atoms with Crippen LogP contribution in [0.25, 0.3) is 0 Å². The standard InChI is InChI=1S/C16H20Cl2N2O3/c1-19(2)16(22)11-5-7-20(8-6-11)15(21)10-23-14-9-12(17)3-4-13(14)18/h3-4,9,11H,5-8,10H2,1-2H3. The number of hydrogen-bond donors (Lipinski definition) is 0. The molecular weight excluding hydrogens is 339 g/mol. The first-order valence-corrected chi connectivity index (χ1v) is 8.21. The number of ether oxygens (including phenoxy) is 1. The Morgan fingerprint density at radius 1 is 1.26 bits per heavy atom. The number of benzene rings is 1. The number of carbonyl (C=O) groups is 2. The maximum Gasteiger partial charge on any atom is 0.260 e. The molecule has 2 rings (SSSR count). The van der Waals surface area contributed by atoms with Crippen LogP contribution in [0.4, 0.5) is 0 Å². The summed E-state index contributed by atoms with van der Waals surface area (Å²) in [6.07, 6.45) is 1.36. The van der Waals surface area contributed by atoms with E-state index in [1.165, 1.54) is 0 Å². The SMILES string of the molecule is CN(C)C(=O)C1CCN(C(=O)COc2cc(Cl)ccc2Cl)CC1. The molecule has 0 bridgehead atoms. The highest BCUT2D eigenvalue weighted by atomic mass is 35.5. The van der Waals surface area contributed by atoms with Crippen LogP contribution in [0.5, 0.6) is 5.75 Å². The number of nitrogens with zero attached hydrogens (tertiary/aromatic N) is 2. The Morgan fingerprint density at radius 3 is 2.52 bits per heavy atom. The summed E-state index contributed by atoms with van der Waals surface area (Å²) in [5.74, 6) is 0.401. The molecule has 2 amide bonds. The second kappa shape index (κ2) is 7.88. The van der Waals surface area contributed by atoms with E-state index in [-0.39, 0.29) is 24.3 Å². The van der Waals surface area contributed by atoms with Gasteiger partial charge >= 0.3 is 0 Å². The van der Waals surface area contributed by atoms with Gasteiger partial charge in [0.2, 0.25) is 5.91 Å². The lowest BCUT2D eigenvalue weighted by molar-refractivity contribution is -0.140. The number of amides is 2. The summed E-state index contributed by atoms with van der Waals surface area (Å²) in [5, 5.41) is 0.914. The lowest BCUT2D eigenvalue weighted by atomic mass is 9.95. The molecule has 1 fully saturated rings. The third-order valence-corrected chi connectivity index (χ3v) is 4.43. The Hall–Kier alpha value is -1.46. The van der Waals surface area contributed by atoms with Crippen LogP contribution in [0.1, 0.15) is 12.8 Å². The molecule has 126 valence electrons. The minimum atomic E-state index is -0.114. The van der Waals surface area contributed by atoms with Crippen LogP contribution in [0.3, 0.4) is 0 Å². The molecule has 0 unspecified atom stereocenters. The van der Waals surface area contributed by atoms with E-state index < -0.39 is 0 Å². The quantitative estimate of drug-likeness (QED) is 0.831. The number of piperidine rings is 1. The van der Waals surface area contributed by atoms with E-state index in [0.29, 0.717) is 41.7 Å². The zero-order chi connectivity index (χ0) is 17.0. The minimum absolute atomic E-state index is 0.00246. The van der Waals surface area contributed by atoms with Crippen molar-refractivity contribution in [1.82, 2.24) is 9.80 Å². The Bertz CT molecular complexity index is 585. The van der Waals surface area contributed by atoms with Crippen molar-refractivity contribution in [3.63, 3.8) is 0 Å². The molecule has 7 heteroatoms. The number of hydrogen-bond acceptors (Lipinski definition) is 3. The van der Waals surface area contributed by atoms with Gasteiger partial charge in [-0.15, -0.1) is 0 Å². The average molecular weight is 359 g/mol. The van der Waals surface area contributed by atoms with E-state index in [0.717, 1.165) is 0 Å². The molecule has 0 aromatic heterocycles. The zero-order valence-corrected chi connectivity index (χ0v) is 14.7. The normalized spacial score (nSPS) is 15.4. The highest BCUT2D eigenvalue weighted by molar-refractivity contribution is 6.34. The fourth-order valence-electron chi connectivity index (χ4n) is 2.56. The summed E-state index contributed by atoms with van der Waals surface area (Å²) in [6, 6.07) is 4.87. The van der Waals surface area contributed by atoms with Crippen molar-refractivity contribution >= 4 is 35.0 Å². The van der Waals surface area contributed by atoms with Gasteiger partial charge in [0.15, 0.2) is 6.61 Å². The third kappa shape index (κ3) is 4.75. The van der Waals surface area contributed by atoms with Crippen LogP contribution in [-0.4, -0.2) is 55.4 Å². The Morgan fingerprint density at radius 2 is 1.91 bits per heavy atom. The largest absolute Gasteiger partial charge is 0.482 e. The van der Waals surface area contributed by atoms with Crippen molar-refractivity contribution < 1.29 is 14.3 Å². The zero-order valence-electron chi connectivity index (χ0n) is 13.2. The summed E-state index contributed by atoms with van der Waals surface area (Å²) in [4.78, 5) is 27.5. The molecule has 1 saturated heterocycles. The molecule has 0 N–H and O–H groups in total. The number of halogens is 2. The van der Waals surface area contributed by atoms with E-state index in [4.69, 9.17) is 27.9 Å². The first kappa shape index (κ1) is 17.9. The molecule has 1 aliphatic heterocycles. The third-order valence-electron chi connectivity index (χ3n) is 3.88. The molecule has 0 atom stereocenters. The molecule has 1 heterocycles. The van der Waals surface area contributed by atoms with Crippen molar-refractivity contribution in [1.29, 1.82) is 0 Å². The molecule has 0 spiro atoms. The highest BCUT2D eigenvalue weighted by Crippen LogP contribution is 2.27. The van der Waals surface area contributed by atoms with Gasteiger partial charge in [-0.25, -0.2) is 0 Å². The molecule has 1 aromatic carbocycles. The van der Waals surface area contributed by atoms with Gasteiger partial charge in [0.1, 0.15) is 5.75 Å². The van der Waals surface area contributed by atoms with E-state index in [1.54, 1.807) is 42.1 Å². The maximum atomic E-state index is 12.2. The van der Waals surface area contributed by atoms with E-state index in [9.17, 15) is 9.59 Å². The van der Waals surface area contributed by atoms with Gasteiger partial charge in [-0.2, -0.15) is 0 Å². The van der Waals surface area contributed by atoms with Gasteiger partial charge in [0.05, 0.1) is 5.02 Å². The van der Waals surface area contributed by atoms with Gasteiger partial charge in [0, 0.05) is 44.2 Å². The molecule has 0 radical (unpaired) electrons. The molecule has 1 aromatic rings. The van der Waals surface area contributed by atoms with Gasteiger partial charge in [0.25, 0.3) is 5.91 Å². The first-order chi connectivity index (χ1) is 10.9. The molecule has 1 aliphatic rings. The first-order valence-electron chi connectivity index (χ1n) is 7.45. The van der Waals surface area contributed by atoms with Crippen LogP contribution in [-0.2, 0) is 9.59 Å². The second-order valence-corrected chi connectivity index (χ2v) is 6.59. The average Bonchev–Trinajstić information content (AvgIpc) is 2.54. The van der Waals surface area contributed by atoms with Crippen LogP contribution in [0.2, 0.25) is 10.0 Å². The lowest BCUT2D eigenvalue weighted by Crippen LogP contribution is -2.44. The van der Waals surface area contributed by atoms with Crippen molar-refractivity contribution in [2.75, 3.05) is 33.8 Å². The topological polar surface area (TPSA) is 49.9 Å². The van der Waals surface area contributed by atoms with Crippen molar-refractivity contribution in [2.45, 2.75) is 12.8 Å². The molecule has 5 nitrogen and oxygen atoms in total. The predicted molar refractivity (Wildman–Crippen MR) is 90.0 cm³/mol. The van der Waals surface area contributed by atoms with E-state index >= 15 is 0 Å². The fraction of sp³-hybridized carbons (Fsp3) is 0.500. The van der Waals surface area contributed by atoms with Gasteiger partial charge in [-0.05, 0) is 25.0 Å². The minimum Gasteiger partial charge on any atom is -0.482 e. The van der Waals surface area contributed by atoms with Crippen molar-refractivity contribution in [2.24, 2.45) is 5.92 Å². The second-order valence-electron chi connectivity index (χ2n) is 5.75. The monoisotopic (exact) mass is 358 g/mol. The van der Waals surface area contributed by atoms with Crippen LogP contribution < -0.4 is 4.74 Å². The van der Waals surface area contributed by atoms with Gasteiger partial charge in [-0.1, -0.05) is 23.2 Å². The highest BCUT2D eigenvalue weighted by Gasteiger charge is 2.28. The van der Waals surface area contributed by atoms with Crippen molar-refractivity contribution in [3.05, 3.63) is 28.2 Å². The Kier molecular flexibility index (Phi) is 6.13. The summed E-state index contributed by atoms with van der Waals surface area (Å²) in [7, 11) is 3.50. The smallest absolute Gasteiger partial charge is 0.260 e. The summed E-state index contributed by atoms with van der Waals surface area (Å²) in [6.45, 7) is 1.04. The van der Waals surface area contributed by atoms with Crippen LogP contribution in [0.15, 0.2) is 18.2 Å². The van der Waals surface area contributed by atoms with Crippen LogP contribution >= 0.6 is 23.2 Å². The Labute approximate surface area is 146 Å². The van der Waals surface area contributed by atoms with E-state index in [1.807, 2.05) is 0 Å². The number of rotatable bonds is 4. The molecule has 0 saturated carbocycles. The fourth-order valence-corrected chi connectivity index (χ4v) is 2.89. The molecular formula is C16H20Cl2N2O3. The molecule has 23 heavy (non-hydrogen) atoms.